The van der Waals surface area contributed by atoms with Gasteiger partial charge in [0.05, 0.1) is 11.0 Å². The van der Waals surface area contributed by atoms with Crippen LogP contribution in [0.5, 0.6) is 0 Å². The zero-order valence-electron chi connectivity index (χ0n) is 17.6. The van der Waals surface area contributed by atoms with Gasteiger partial charge in [-0.15, -0.1) is 0 Å². The van der Waals surface area contributed by atoms with Gasteiger partial charge in [0, 0.05) is 17.0 Å². The molecule has 0 unspecified atom stereocenters. The molecule has 1 aromatic heterocycles. The highest BCUT2D eigenvalue weighted by Gasteiger charge is 2.08. The smallest absolute Gasteiger partial charge is 0.136 e. The fourth-order valence-electron chi connectivity index (χ4n) is 3.60. The number of nitrogens with zero attached hydrogens (tertiary/aromatic N) is 1. The van der Waals surface area contributed by atoms with Crippen LogP contribution in [0.2, 0.25) is 0 Å². The maximum atomic E-state index is 6.28. The van der Waals surface area contributed by atoms with Crippen molar-refractivity contribution in [2.24, 2.45) is 4.99 Å². The molecular weight excluding hydrogens is 354 g/mol. The second-order valence-electron chi connectivity index (χ2n) is 7.87. The topological polar surface area (TPSA) is 25.5 Å². The summed E-state index contributed by atoms with van der Waals surface area (Å²) in [5.74, 6) is 1.35. The third-order valence-corrected chi connectivity index (χ3v) is 5.37. The summed E-state index contributed by atoms with van der Waals surface area (Å²) in [6.07, 6.45) is 0.956. The molecule has 2 heteroatoms. The third-order valence-electron chi connectivity index (χ3n) is 5.37. The number of hydrogen-bond acceptors (Lipinski definition) is 2. The highest BCUT2D eigenvalue weighted by Crippen LogP contribution is 2.26. The van der Waals surface area contributed by atoms with E-state index in [2.05, 4.69) is 88.4 Å². The predicted molar refractivity (Wildman–Crippen MR) is 122 cm³/mol. The Morgan fingerprint density at radius 2 is 1.66 bits per heavy atom. The van der Waals surface area contributed by atoms with Crippen molar-refractivity contribution in [1.82, 2.24) is 0 Å². The number of aryl methyl sites for hydroxylation is 2. The Balaban J connectivity index is 1.95. The molecule has 0 radical (unpaired) electrons. The number of hydrogen-bond donors (Lipinski definition) is 0. The molecule has 3 aromatic carbocycles. The van der Waals surface area contributed by atoms with Crippen molar-refractivity contribution in [1.29, 1.82) is 0 Å². The lowest BCUT2D eigenvalue weighted by molar-refractivity contribution is 0.618. The first-order chi connectivity index (χ1) is 14.0. The number of rotatable bonds is 4. The molecule has 0 atom stereocenters. The van der Waals surface area contributed by atoms with Crippen LogP contribution in [0.4, 0.5) is 5.69 Å². The lowest BCUT2D eigenvalue weighted by Gasteiger charge is -2.09. The van der Waals surface area contributed by atoms with E-state index in [4.69, 9.17) is 9.41 Å². The van der Waals surface area contributed by atoms with E-state index in [1.54, 1.807) is 0 Å². The summed E-state index contributed by atoms with van der Waals surface area (Å²) >= 11 is 0. The minimum absolute atomic E-state index is 0.511. The second-order valence-corrected chi connectivity index (χ2v) is 7.87. The molecule has 4 rings (SSSR count). The molecular formula is C27H27NO. The summed E-state index contributed by atoms with van der Waals surface area (Å²) in [4.78, 5) is 5.05. The number of fused-ring (bicyclic) bond motifs is 1. The SMILES string of the molecule is CCc1ccccc1N=c1cc(-c2ccc(C(C)C)cc2)oc2ccc(C)cc12. The monoisotopic (exact) mass is 381 g/mol. The van der Waals surface area contributed by atoms with Crippen LogP contribution in [0.3, 0.4) is 0 Å². The van der Waals surface area contributed by atoms with Crippen LogP contribution in [-0.4, -0.2) is 0 Å². The van der Waals surface area contributed by atoms with E-state index in [0.29, 0.717) is 5.92 Å². The number of benzene rings is 3. The average molecular weight is 382 g/mol. The quantitative estimate of drug-likeness (QED) is 0.363. The Kier molecular flexibility index (Phi) is 5.35. The van der Waals surface area contributed by atoms with Gasteiger partial charge in [-0.05, 0) is 48.6 Å². The van der Waals surface area contributed by atoms with Crippen molar-refractivity contribution in [2.75, 3.05) is 0 Å². The molecule has 0 saturated carbocycles. The summed E-state index contributed by atoms with van der Waals surface area (Å²) in [5.41, 5.74) is 6.71. The highest BCUT2D eigenvalue weighted by atomic mass is 16.3. The van der Waals surface area contributed by atoms with E-state index in [1.165, 1.54) is 16.7 Å². The molecule has 0 amide bonds. The van der Waals surface area contributed by atoms with Gasteiger partial charge in [0.1, 0.15) is 11.3 Å². The molecule has 0 aliphatic heterocycles. The molecule has 0 spiro atoms. The summed E-state index contributed by atoms with van der Waals surface area (Å²) in [6, 6.07) is 25.3. The minimum Gasteiger partial charge on any atom is -0.456 e. The molecule has 29 heavy (non-hydrogen) atoms. The summed E-state index contributed by atoms with van der Waals surface area (Å²) in [7, 11) is 0. The van der Waals surface area contributed by atoms with E-state index in [9.17, 15) is 0 Å². The molecule has 0 N–H and O–H groups in total. The maximum Gasteiger partial charge on any atom is 0.136 e. The zero-order chi connectivity index (χ0) is 20.4. The van der Waals surface area contributed by atoms with Crippen LogP contribution < -0.4 is 5.36 Å². The molecule has 0 saturated heterocycles. The molecule has 146 valence electrons. The summed E-state index contributed by atoms with van der Waals surface area (Å²) in [5, 5.41) is 1.98. The van der Waals surface area contributed by atoms with Crippen LogP contribution in [0.15, 0.2) is 82.2 Å². The van der Waals surface area contributed by atoms with Gasteiger partial charge < -0.3 is 4.42 Å². The lowest BCUT2D eigenvalue weighted by Crippen LogP contribution is -2.04. The van der Waals surface area contributed by atoms with Gasteiger partial charge in [-0.3, -0.25) is 0 Å². The van der Waals surface area contributed by atoms with Crippen molar-refractivity contribution in [3.05, 3.63) is 94.8 Å². The normalized spacial score (nSPS) is 12.1. The second kappa shape index (κ2) is 8.08. The Labute approximate surface area is 172 Å². The van der Waals surface area contributed by atoms with Crippen molar-refractivity contribution < 1.29 is 4.42 Å². The van der Waals surface area contributed by atoms with Gasteiger partial charge in [-0.25, -0.2) is 4.99 Å². The van der Waals surface area contributed by atoms with Gasteiger partial charge in [-0.2, -0.15) is 0 Å². The standard InChI is InChI=1S/C27H27NO/c1-5-20-8-6-7-9-24(20)28-25-17-27(22-13-11-21(12-14-22)18(2)3)29-26-15-10-19(4)16-23(25)26/h6-18H,5H2,1-4H3. The van der Waals surface area contributed by atoms with Crippen molar-refractivity contribution >= 4 is 16.7 Å². The average Bonchev–Trinajstić information content (AvgIpc) is 2.74. The van der Waals surface area contributed by atoms with Crippen molar-refractivity contribution in [3.8, 4) is 11.3 Å². The molecule has 4 aromatic rings. The van der Waals surface area contributed by atoms with Gasteiger partial charge in [0.25, 0.3) is 0 Å². The lowest BCUT2D eigenvalue weighted by atomic mass is 10.0. The van der Waals surface area contributed by atoms with E-state index >= 15 is 0 Å². The van der Waals surface area contributed by atoms with Crippen LogP contribution in [0, 0.1) is 6.92 Å². The highest BCUT2D eigenvalue weighted by molar-refractivity contribution is 5.79. The first kappa shape index (κ1) is 19.2. The van der Waals surface area contributed by atoms with Crippen molar-refractivity contribution in [2.45, 2.75) is 40.0 Å². The first-order valence-electron chi connectivity index (χ1n) is 10.3. The van der Waals surface area contributed by atoms with E-state index in [0.717, 1.165) is 39.8 Å². The maximum absolute atomic E-state index is 6.28. The largest absolute Gasteiger partial charge is 0.456 e. The Morgan fingerprint density at radius 1 is 0.897 bits per heavy atom. The van der Waals surface area contributed by atoms with Crippen LogP contribution >= 0.6 is 0 Å². The molecule has 0 aliphatic carbocycles. The molecule has 1 heterocycles. The van der Waals surface area contributed by atoms with E-state index < -0.39 is 0 Å². The van der Waals surface area contributed by atoms with Gasteiger partial charge >= 0.3 is 0 Å². The Bertz CT molecular complexity index is 1210. The Hall–Kier alpha value is -3.13. The number of para-hydroxylation sites is 1. The first-order valence-corrected chi connectivity index (χ1v) is 10.3. The van der Waals surface area contributed by atoms with Gasteiger partial charge in [0.15, 0.2) is 0 Å². The minimum atomic E-state index is 0.511. The van der Waals surface area contributed by atoms with Gasteiger partial charge in [0.2, 0.25) is 0 Å². The molecule has 0 aliphatic rings. The fraction of sp³-hybridized carbons (Fsp3) is 0.222. The van der Waals surface area contributed by atoms with E-state index in [1.807, 2.05) is 12.1 Å². The van der Waals surface area contributed by atoms with Gasteiger partial charge in [-0.1, -0.05) is 74.9 Å². The zero-order valence-corrected chi connectivity index (χ0v) is 17.6. The van der Waals surface area contributed by atoms with Crippen molar-refractivity contribution in [3.63, 3.8) is 0 Å². The van der Waals surface area contributed by atoms with Crippen LogP contribution in [0.1, 0.15) is 43.4 Å². The molecule has 0 fully saturated rings. The summed E-state index contributed by atoms with van der Waals surface area (Å²) in [6.45, 7) is 8.68. The molecule has 0 bridgehead atoms. The van der Waals surface area contributed by atoms with E-state index in [-0.39, 0.29) is 0 Å². The predicted octanol–water partition coefficient (Wildman–Crippen LogP) is 7.33. The van der Waals surface area contributed by atoms with Crippen LogP contribution in [0.25, 0.3) is 22.3 Å². The third kappa shape index (κ3) is 4.02. The Morgan fingerprint density at radius 3 is 2.38 bits per heavy atom. The summed E-state index contributed by atoms with van der Waals surface area (Å²) < 4.78 is 6.28. The van der Waals surface area contributed by atoms with Crippen LogP contribution in [-0.2, 0) is 6.42 Å². The fourth-order valence-corrected chi connectivity index (χ4v) is 3.60. The molecule has 2 nitrogen and oxygen atoms in total.